The first-order valence-electron chi connectivity index (χ1n) is 8.73. The van der Waals surface area contributed by atoms with Gasteiger partial charge in [0.15, 0.2) is 0 Å². The highest BCUT2D eigenvalue weighted by molar-refractivity contribution is 7.10. The third-order valence-corrected chi connectivity index (χ3v) is 6.43. The summed E-state index contributed by atoms with van der Waals surface area (Å²) in [5, 5.41) is 2.19. The topological polar surface area (TPSA) is 40.9 Å². The second-order valence-corrected chi connectivity index (χ2v) is 7.93. The van der Waals surface area contributed by atoms with E-state index < -0.39 is 0 Å². The molecule has 0 atom stereocenters. The molecule has 1 fully saturated rings. The number of fused-ring (bicyclic) bond motifs is 2. The number of hydrogen-bond donors (Lipinski definition) is 0. The zero-order valence-corrected chi connectivity index (χ0v) is 15.0. The average Bonchev–Trinajstić information content (AvgIpc) is 3.15. The summed E-state index contributed by atoms with van der Waals surface area (Å²) < 4.78 is 1.91. The number of aryl methyl sites for hydroxylation is 1. The molecule has 3 aromatic heterocycles. The Balaban J connectivity index is 1.30. The summed E-state index contributed by atoms with van der Waals surface area (Å²) in [6, 6.07) is 8.56. The zero-order chi connectivity index (χ0) is 17.0. The average molecular weight is 352 g/mol. The maximum atomic E-state index is 13.0. The molecule has 3 aromatic rings. The van der Waals surface area contributed by atoms with Crippen LogP contribution in [-0.4, -0.2) is 50.8 Å². The summed E-state index contributed by atoms with van der Waals surface area (Å²) in [5.74, 6) is 0.0979. The van der Waals surface area contributed by atoms with Crippen LogP contribution in [0.4, 0.5) is 0 Å². The number of likely N-dealkylation sites (tertiary alicyclic amines) is 1. The minimum Gasteiger partial charge on any atom is -0.334 e. The minimum atomic E-state index is 0.0979. The second kappa shape index (κ2) is 5.68. The second-order valence-electron chi connectivity index (χ2n) is 6.93. The third kappa shape index (κ3) is 2.40. The van der Waals surface area contributed by atoms with Crippen LogP contribution in [0.15, 0.2) is 35.8 Å². The Kier molecular flexibility index (Phi) is 3.43. The van der Waals surface area contributed by atoms with Crippen molar-refractivity contribution in [1.29, 1.82) is 0 Å². The first kappa shape index (κ1) is 15.1. The summed E-state index contributed by atoms with van der Waals surface area (Å²) in [7, 11) is 0. The fourth-order valence-electron chi connectivity index (χ4n) is 3.95. The number of aromatic nitrogens is 2. The van der Waals surface area contributed by atoms with E-state index in [4.69, 9.17) is 0 Å². The molecule has 0 bridgehead atoms. The van der Waals surface area contributed by atoms with Crippen LogP contribution in [0.1, 0.15) is 26.6 Å². The lowest BCUT2D eigenvalue weighted by molar-refractivity contribution is 0.0215. The van der Waals surface area contributed by atoms with Crippen LogP contribution in [0.5, 0.6) is 0 Å². The number of rotatable bonds is 2. The quantitative estimate of drug-likeness (QED) is 0.712. The van der Waals surface area contributed by atoms with E-state index in [-0.39, 0.29) is 5.91 Å². The van der Waals surface area contributed by atoms with Crippen molar-refractivity contribution in [3.05, 3.63) is 57.7 Å². The number of carbonyl (C=O) groups is 1. The predicted molar refractivity (Wildman–Crippen MR) is 98.1 cm³/mol. The Morgan fingerprint density at radius 2 is 2.16 bits per heavy atom. The van der Waals surface area contributed by atoms with E-state index in [1.807, 2.05) is 52.0 Å². The lowest BCUT2D eigenvalue weighted by atomic mass is 10.0. The number of pyridine rings is 1. The molecule has 1 saturated heterocycles. The first-order chi connectivity index (χ1) is 12.2. The Hall–Kier alpha value is -2.18. The minimum absolute atomic E-state index is 0.0979. The van der Waals surface area contributed by atoms with Gasteiger partial charge in [0.2, 0.25) is 0 Å². The standard InChI is InChI=1S/C19H20N4OS/c1-13-18(23-7-3-2-4-17(23)20-13)19(24)22-11-15(12-22)21-8-5-16-14(10-21)6-9-25-16/h2-4,6-7,9,15H,5,8,10-12H2,1H3. The van der Waals surface area contributed by atoms with Gasteiger partial charge >= 0.3 is 0 Å². The lowest BCUT2D eigenvalue weighted by Gasteiger charge is -2.46. The smallest absolute Gasteiger partial charge is 0.272 e. The monoisotopic (exact) mass is 352 g/mol. The lowest BCUT2D eigenvalue weighted by Crippen LogP contribution is -2.61. The van der Waals surface area contributed by atoms with Gasteiger partial charge in [-0.2, -0.15) is 0 Å². The van der Waals surface area contributed by atoms with Gasteiger partial charge in [0.25, 0.3) is 5.91 Å². The summed E-state index contributed by atoms with van der Waals surface area (Å²) >= 11 is 1.87. The van der Waals surface area contributed by atoms with Gasteiger partial charge in [0.1, 0.15) is 11.3 Å². The number of thiophene rings is 1. The highest BCUT2D eigenvalue weighted by atomic mass is 32.1. The molecule has 5 nitrogen and oxygen atoms in total. The highest BCUT2D eigenvalue weighted by Gasteiger charge is 2.37. The molecule has 128 valence electrons. The molecular weight excluding hydrogens is 332 g/mol. The van der Waals surface area contributed by atoms with E-state index in [2.05, 4.69) is 21.3 Å². The van der Waals surface area contributed by atoms with Gasteiger partial charge in [0, 0.05) is 43.3 Å². The number of amides is 1. The van der Waals surface area contributed by atoms with Crippen molar-refractivity contribution in [3.8, 4) is 0 Å². The van der Waals surface area contributed by atoms with E-state index in [9.17, 15) is 4.79 Å². The molecule has 0 N–H and O–H groups in total. The van der Waals surface area contributed by atoms with Crippen LogP contribution in [-0.2, 0) is 13.0 Å². The van der Waals surface area contributed by atoms with Crippen molar-refractivity contribution in [2.75, 3.05) is 19.6 Å². The molecule has 2 aliphatic heterocycles. The summed E-state index contributed by atoms with van der Waals surface area (Å²) in [6.07, 6.45) is 3.06. The summed E-state index contributed by atoms with van der Waals surface area (Å²) in [4.78, 5) is 23.5. The van der Waals surface area contributed by atoms with Crippen molar-refractivity contribution in [2.45, 2.75) is 25.9 Å². The van der Waals surface area contributed by atoms with E-state index >= 15 is 0 Å². The summed E-state index contributed by atoms with van der Waals surface area (Å²) in [5.41, 5.74) is 3.81. The van der Waals surface area contributed by atoms with Crippen LogP contribution in [0.25, 0.3) is 5.65 Å². The third-order valence-electron chi connectivity index (χ3n) is 5.41. The van der Waals surface area contributed by atoms with Gasteiger partial charge in [-0.05, 0) is 42.5 Å². The molecule has 0 radical (unpaired) electrons. The molecule has 1 amide bonds. The van der Waals surface area contributed by atoms with Gasteiger partial charge in [0.05, 0.1) is 5.69 Å². The van der Waals surface area contributed by atoms with E-state index in [0.29, 0.717) is 11.7 Å². The van der Waals surface area contributed by atoms with Gasteiger partial charge in [-0.15, -0.1) is 11.3 Å². The molecular formula is C19H20N4OS. The molecule has 0 spiro atoms. The molecule has 0 saturated carbocycles. The first-order valence-corrected chi connectivity index (χ1v) is 9.61. The predicted octanol–water partition coefficient (Wildman–Crippen LogP) is 2.59. The number of hydrogen-bond acceptors (Lipinski definition) is 4. The molecule has 5 rings (SSSR count). The van der Waals surface area contributed by atoms with Crippen molar-refractivity contribution in [3.63, 3.8) is 0 Å². The van der Waals surface area contributed by atoms with Crippen LogP contribution < -0.4 is 0 Å². The molecule has 0 aromatic carbocycles. The molecule has 0 aliphatic carbocycles. The highest BCUT2D eigenvalue weighted by Crippen LogP contribution is 2.28. The van der Waals surface area contributed by atoms with Crippen molar-refractivity contribution in [1.82, 2.24) is 19.2 Å². The van der Waals surface area contributed by atoms with Crippen LogP contribution in [0.2, 0.25) is 0 Å². The maximum absolute atomic E-state index is 13.0. The Morgan fingerprint density at radius 1 is 1.28 bits per heavy atom. The fourth-order valence-corrected chi connectivity index (χ4v) is 4.84. The van der Waals surface area contributed by atoms with Gasteiger partial charge in [-0.3, -0.25) is 14.1 Å². The van der Waals surface area contributed by atoms with Crippen molar-refractivity contribution < 1.29 is 4.79 Å². The van der Waals surface area contributed by atoms with Gasteiger partial charge in [-0.25, -0.2) is 4.98 Å². The Labute approximate surface area is 150 Å². The number of carbonyl (C=O) groups excluding carboxylic acids is 1. The van der Waals surface area contributed by atoms with E-state index in [1.54, 1.807) is 0 Å². The largest absolute Gasteiger partial charge is 0.334 e. The molecule has 6 heteroatoms. The number of nitrogens with zero attached hydrogens (tertiary/aromatic N) is 4. The molecule has 5 heterocycles. The van der Waals surface area contributed by atoms with Crippen LogP contribution in [0, 0.1) is 6.92 Å². The van der Waals surface area contributed by atoms with E-state index in [1.165, 1.54) is 10.4 Å². The van der Waals surface area contributed by atoms with Crippen molar-refractivity contribution >= 4 is 22.9 Å². The maximum Gasteiger partial charge on any atom is 0.272 e. The van der Waals surface area contributed by atoms with Crippen molar-refractivity contribution in [2.24, 2.45) is 0 Å². The van der Waals surface area contributed by atoms with Gasteiger partial charge < -0.3 is 4.90 Å². The van der Waals surface area contributed by atoms with Gasteiger partial charge in [-0.1, -0.05) is 6.07 Å². The molecule has 0 unspecified atom stereocenters. The zero-order valence-electron chi connectivity index (χ0n) is 14.2. The molecule has 2 aliphatic rings. The fraction of sp³-hybridized carbons (Fsp3) is 0.368. The normalized spacial score (nSPS) is 18.4. The number of imidazole rings is 1. The van der Waals surface area contributed by atoms with E-state index in [0.717, 1.165) is 43.9 Å². The SMILES string of the molecule is Cc1nc2ccccn2c1C(=O)N1CC(N2CCc3sccc3C2)C1. The molecule has 25 heavy (non-hydrogen) atoms. The van der Waals surface area contributed by atoms with Crippen LogP contribution in [0.3, 0.4) is 0 Å². The summed E-state index contributed by atoms with van der Waals surface area (Å²) in [6.45, 7) is 5.69. The van der Waals surface area contributed by atoms with Crippen LogP contribution >= 0.6 is 11.3 Å². The Bertz CT molecular complexity index is 953. The Morgan fingerprint density at radius 3 is 3.04 bits per heavy atom.